The van der Waals surface area contributed by atoms with Gasteiger partial charge in [-0.25, -0.2) is 8.78 Å². The standard InChI is InChI=1S/C13H14F2O2/c14-11-3-10(4-12(15)7-11)6-13(16)5-9-1-2-17-8-9/h3-4,7,9H,1-2,5-6,8H2. The molecule has 4 heteroatoms. The highest BCUT2D eigenvalue weighted by Gasteiger charge is 2.19. The van der Waals surface area contributed by atoms with Gasteiger partial charge in [0.25, 0.3) is 0 Å². The van der Waals surface area contributed by atoms with E-state index in [1.807, 2.05) is 0 Å². The van der Waals surface area contributed by atoms with Crippen LogP contribution in [0.1, 0.15) is 18.4 Å². The van der Waals surface area contributed by atoms with Crippen LogP contribution in [-0.4, -0.2) is 19.0 Å². The minimum Gasteiger partial charge on any atom is -0.381 e. The van der Waals surface area contributed by atoms with E-state index in [-0.39, 0.29) is 18.1 Å². The number of halogens is 2. The molecule has 1 aliphatic rings. The predicted octanol–water partition coefficient (Wildman–Crippen LogP) is 2.50. The summed E-state index contributed by atoms with van der Waals surface area (Å²) in [5, 5.41) is 0. The van der Waals surface area contributed by atoms with Crippen molar-refractivity contribution in [2.24, 2.45) is 5.92 Å². The molecule has 2 nitrogen and oxygen atoms in total. The molecule has 0 N–H and O–H groups in total. The molecule has 0 aliphatic carbocycles. The van der Waals surface area contributed by atoms with E-state index < -0.39 is 11.6 Å². The van der Waals surface area contributed by atoms with Gasteiger partial charge < -0.3 is 4.74 Å². The van der Waals surface area contributed by atoms with E-state index in [4.69, 9.17) is 4.74 Å². The van der Waals surface area contributed by atoms with E-state index >= 15 is 0 Å². The third-order valence-corrected chi connectivity index (χ3v) is 2.86. The van der Waals surface area contributed by atoms with Crippen LogP contribution in [0.3, 0.4) is 0 Å². The smallest absolute Gasteiger partial charge is 0.137 e. The van der Waals surface area contributed by atoms with Crippen molar-refractivity contribution in [2.45, 2.75) is 19.3 Å². The van der Waals surface area contributed by atoms with Crippen LogP contribution in [0.15, 0.2) is 18.2 Å². The lowest BCUT2D eigenvalue weighted by Crippen LogP contribution is -2.11. The Balaban J connectivity index is 1.92. The van der Waals surface area contributed by atoms with Crippen LogP contribution < -0.4 is 0 Å². The Kier molecular flexibility index (Phi) is 3.84. The first-order chi connectivity index (χ1) is 8.13. The second-order valence-corrected chi connectivity index (χ2v) is 4.43. The summed E-state index contributed by atoms with van der Waals surface area (Å²) >= 11 is 0. The van der Waals surface area contributed by atoms with Crippen molar-refractivity contribution in [1.29, 1.82) is 0 Å². The van der Waals surface area contributed by atoms with Gasteiger partial charge in [-0.1, -0.05) is 0 Å². The summed E-state index contributed by atoms with van der Waals surface area (Å²) in [5.41, 5.74) is 0.395. The summed E-state index contributed by atoms with van der Waals surface area (Å²) in [7, 11) is 0. The van der Waals surface area contributed by atoms with E-state index in [0.29, 0.717) is 25.2 Å². The summed E-state index contributed by atoms with van der Waals surface area (Å²) in [5.74, 6) is -1.01. The minimum atomic E-state index is -0.642. The molecule has 1 aromatic carbocycles. The fourth-order valence-electron chi connectivity index (χ4n) is 2.08. The van der Waals surface area contributed by atoms with E-state index in [2.05, 4.69) is 0 Å². The maximum absolute atomic E-state index is 12.9. The number of carbonyl (C=O) groups excluding carboxylic acids is 1. The molecule has 17 heavy (non-hydrogen) atoms. The molecule has 1 saturated heterocycles. The lowest BCUT2D eigenvalue weighted by Gasteiger charge is -2.06. The fourth-order valence-corrected chi connectivity index (χ4v) is 2.08. The Morgan fingerprint density at radius 2 is 2.00 bits per heavy atom. The van der Waals surface area contributed by atoms with Crippen LogP contribution >= 0.6 is 0 Å². The minimum absolute atomic E-state index is 0.00509. The number of Topliss-reactive ketones (excluding diaryl/α,β-unsaturated/α-hetero) is 1. The van der Waals surface area contributed by atoms with Gasteiger partial charge in [-0.15, -0.1) is 0 Å². The first-order valence-electron chi connectivity index (χ1n) is 5.68. The van der Waals surface area contributed by atoms with Gasteiger partial charge in [0, 0.05) is 32.1 Å². The van der Waals surface area contributed by atoms with Gasteiger partial charge in [0.05, 0.1) is 0 Å². The average Bonchev–Trinajstić information content (AvgIpc) is 2.67. The van der Waals surface area contributed by atoms with Gasteiger partial charge in [0.2, 0.25) is 0 Å². The highest BCUT2D eigenvalue weighted by atomic mass is 19.1. The van der Waals surface area contributed by atoms with Crippen molar-refractivity contribution in [2.75, 3.05) is 13.2 Å². The molecule has 0 bridgehead atoms. The molecule has 0 aromatic heterocycles. The number of hydrogen-bond donors (Lipinski definition) is 0. The monoisotopic (exact) mass is 240 g/mol. The normalized spacial score (nSPS) is 19.5. The molecule has 0 spiro atoms. The predicted molar refractivity (Wildman–Crippen MR) is 58.6 cm³/mol. The second-order valence-electron chi connectivity index (χ2n) is 4.43. The van der Waals surface area contributed by atoms with Gasteiger partial charge in [-0.05, 0) is 30.0 Å². The lowest BCUT2D eigenvalue weighted by molar-refractivity contribution is -0.119. The number of hydrogen-bond acceptors (Lipinski definition) is 2. The SMILES string of the molecule is O=C(Cc1cc(F)cc(F)c1)CC1CCOC1. The quantitative estimate of drug-likeness (QED) is 0.808. The third kappa shape index (κ3) is 3.60. The fraction of sp³-hybridized carbons (Fsp3) is 0.462. The highest BCUT2D eigenvalue weighted by Crippen LogP contribution is 2.18. The maximum atomic E-state index is 12.9. The highest BCUT2D eigenvalue weighted by molar-refractivity contribution is 5.81. The number of ether oxygens (including phenoxy) is 1. The van der Waals surface area contributed by atoms with Crippen LogP contribution in [-0.2, 0) is 16.0 Å². The number of ketones is 1. The molecule has 0 radical (unpaired) electrons. The Morgan fingerprint density at radius 1 is 1.29 bits per heavy atom. The Morgan fingerprint density at radius 3 is 2.59 bits per heavy atom. The largest absolute Gasteiger partial charge is 0.381 e. The summed E-state index contributed by atoms with van der Waals surface area (Å²) in [6, 6.07) is 3.21. The lowest BCUT2D eigenvalue weighted by atomic mass is 9.98. The van der Waals surface area contributed by atoms with Crippen molar-refractivity contribution in [1.82, 2.24) is 0 Å². The molecule has 0 amide bonds. The first-order valence-corrected chi connectivity index (χ1v) is 5.68. The van der Waals surface area contributed by atoms with Gasteiger partial charge >= 0.3 is 0 Å². The van der Waals surface area contributed by atoms with Crippen LogP contribution in [0, 0.1) is 17.6 Å². The zero-order valence-corrected chi connectivity index (χ0v) is 9.42. The molecular weight excluding hydrogens is 226 g/mol. The van der Waals surface area contributed by atoms with E-state index in [0.717, 1.165) is 12.5 Å². The molecule has 1 aromatic rings. The van der Waals surface area contributed by atoms with Crippen molar-refractivity contribution < 1.29 is 18.3 Å². The van der Waals surface area contributed by atoms with Crippen LogP contribution in [0.5, 0.6) is 0 Å². The molecule has 2 rings (SSSR count). The third-order valence-electron chi connectivity index (χ3n) is 2.86. The first kappa shape index (κ1) is 12.2. The molecule has 1 aliphatic heterocycles. The van der Waals surface area contributed by atoms with Crippen molar-refractivity contribution in [3.8, 4) is 0 Å². The van der Waals surface area contributed by atoms with Gasteiger partial charge in [0.1, 0.15) is 17.4 Å². The molecule has 1 heterocycles. The Hall–Kier alpha value is -1.29. The van der Waals surface area contributed by atoms with E-state index in [1.165, 1.54) is 12.1 Å². The zero-order valence-electron chi connectivity index (χ0n) is 9.42. The summed E-state index contributed by atoms with van der Waals surface area (Å²) in [4.78, 5) is 11.7. The Labute approximate surface area is 98.6 Å². The number of benzene rings is 1. The topological polar surface area (TPSA) is 26.3 Å². The molecule has 0 saturated carbocycles. The van der Waals surface area contributed by atoms with Crippen molar-refractivity contribution in [3.63, 3.8) is 0 Å². The molecule has 92 valence electrons. The van der Waals surface area contributed by atoms with Gasteiger partial charge in [-0.3, -0.25) is 4.79 Å². The summed E-state index contributed by atoms with van der Waals surface area (Å²) in [6.45, 7) is 1.32. The van der Waals surface area contributed by atoms with Gasteiger partial charge in [-0.2, -0.15) is 0 Å². The van der Waals surface area contributed by atoms with Crippen LogP contribution in [0.4, 0.5) is 8.78 Å². The molecule has 1 fully saturated rings. The Bertz CT molecular complexity index is 392. The van der Waals surface area contributed by atoms with Crippen molar-refractivity contribution in [3.05, 3.63) is 35.4 Å². The maximum Gasteiger partial charge on any atom is 0.137 e. The van der Waals surface area contributed by atoms with E-state index in [1.54, 1.807) is 0 Å². The molecule has 1 atom stereocenters. The van der Waals surface area contributed by atoms with Crippen LogP contribution in [0.25, 0.3) is 0 Å². The average molecular weight is 240 g/mol. The van der Waals surface area contributed by atoms with Crippen LogP contribution in [0.2, 0.25) is 0 Å². The summed E-state index contributed by atoms with van der Waals surface area (Å²) < 4.78 is 31.0. The molecule has 1 unspecified atom stereocenters. The van der Waals surface area contributed by atoms with Crippen molar-refractivity contribution >= 4 is 5.78 Å². The molecular formula is C13H14F2O2. The number of rotatable bonds is 4. The zero-order chi connectivity index (χ0) is 12.3. The van der Waals surface area contributed by atoms with E-state index in [9.17, 15) is 13.6 Å². The summed E-state index contributed by atoms with van der Waals surface area (Å²) in [6.07, 6.45) is 1.41. The number of carbonyl (C=O) groups is 1. The second kappa shape index (κ2) is 5.36. The van der Waals surface area contributed by atoms with Gasteiger partial charge in [0.15, 0.2) is 0 Å².